The van der Waals surface area contributed by atoms with E-state index >= 15 is 0 Å². The van der Waals surface area contributed by atoms with E-state index in [0.29, 0.717) is 25.9 Å². The van der Waals surface area contributed by atoms with Crippen LogP contribution in [0.25, 0.3) is 0 Å². The minimum absolute atomic E-state index is 0.256. The molecule has 0 unspecified atom stereocenters. The van der Waals surface area contributed by atoms with Gasteiger partial charge in [0.1, 0.15) is 17.3 Å². The van der Waals surface area contributed by atoms with Gasteiger partial charge in [-0.2, -0.15) is 0 Å². The Morgan fingerprint density at radius 2 is 2.06 bits per heavy atom. The molecule has 0 saturated carbocycles. The lowest BCUT2D eigenvalue weighted by molar-refractivity contribution is -0.119. The fourth-order valence-corrected chi connectivity index (χ4v) is 1.92. The van der Waals surface area contributed by atoms with E-state index in [1.807, 2.05) is 13.8 Å². The Kier molecular flexibility index (Phi) is 6.40. The Morgan fingerprint density at radius 1 is 1.28 bits per heavy atom. The average molecular weight is 252 g/mol. The van der Waals surface area contributed by atoms with E-state index in [1.165, 1.54) is 12.1 Å². The highest BCUT2D eigenvalue weighted by molar-refractivity contribution is 5.78. The fourth-order valence-electron chi connectivity index (χ4n) is 1.92. The zero-order chi connectivity index (χ0) is 13.4. The van der Waals surface area contributed by atoms with Crippen molar-refractivity contribution in [1.82, 2.24) is 0 Å². The van der Waals surface area contributed by atoms with Crippen molar-refractivity contribution < 1.29 is 13.9 Å². The number of rotatable bonds is 8. The van der Waals surface area contributed by atoms with Gasteiger partial charge in [-0.3, -0.25) is 4.79 Å². The van der Waals surface area contributed by atoms with Crippen molar-refractivity contribution in [1.29, 1.82) is 0 Å². The standard InChI is InChI=1S/C15H21FO2/c1-3-6-14(17)8-5-7-12-11-13(16)9-10-15(12)18-4-2/h9-11H,3-8H2,1-2H3. The second kappa shape index (κ2) is 7.85. The molecule has 0 aromatic heterocycles. The van der Waals surface area contributed by atoms with Crippen LogP contribution < -0.4 is 4.74 Å². The van der Waals surface area contributed by atoms with E-state index in [1.54, 1.807) is 6.07 Å². The summed E-state index contributed by atoms with van der Waals surface area (Å²) in [5.74, 6) is 0.752. The number of Topliss-reactive ketones (excluding diaryl/α,β-unsaturated/α-hetero) is 1. The molecular weight excluding hydrogens is 231 g/mol. The van der Waals surface area contributed by atoms with Crippen molar-refractivity contribution in [2.75, 3.05) is 6.61 Å². The van der Waals surface area contributed by atoms with Gasteiger partial charge in [0.2, 0.25) is 0 Å². The van der Waals surface area contributed by atoms with Gasteiger partial charge >= 0.3 is 0 Å². The van der Waals surface area contributed by atoms with Gasteiger partial charge in [0.15, 0.2) is 0 Å². The number of halogens is 1. The van der Waals surface area contributed by atoms with Crippen molar-refractivity contribution in [2.45, 2.75) is 46.0 Å². The summed E-state index contributed by atoms with van der Waals surface area (Å²) in [5.41, 5.74) is 0.848. The van der Waals surface area contributed by atoms with E-state index in [2.05, 4.69) is 0 Å². The zero-order valence-corrected chi connectivity index (χ0v) is 11.2. The molecule has 0 saturated heterocycles. The van der Waals surface area contributed by atoms with Gasteiger partial charge in [-0.05, 0) is 49.9 Å². The molecular formula is C15H21FO2. The smallest absolute Gasteiger partial charge is 0.132 e. The molecule has 0 heterocycles. The van der Waals surface area contributed by atoms with Crippen molar-refractivity contribution in [3.63, 3.8) is 0 Å². The lowest BCUT2D eigenvalue weighted by Crippen LogP contribution is -2.01. The van der Waals surface area contributed by atoms with E-state index < -0.39 is 0 Å². The van der Waals surface area contributed by atoms with Gasteiger partial charge in [0.25, 0.3) is 0 Å². The van der Waals surface area contributed by atoms with Gasteiger partial charge in [-0.15, -0.1) is 0 Å². The summed E-state index contributed by atoms with van der Waals surface area (Å²) in [6.07, 6.45) is 3.53. The minimum Gasteiger partial charge on any atom is -0.494 e. The number of ketones is 1. The second-order valence-electron chi connectivity index (χ2n) is 4.33. The van der Waals surface area contributed by atoms with Crippen molar-refractivity contribution in [2.24, 2.45) is 0 Å². The van der Waals surface area contributed by atoms with E-state index in [-0.39, 0.29) is 11.6 Å². The molecule has 18 heavy (non-hydrogen) atoms. The molecule has 0 amide bonds. The number of benzene rings is 1. The van der Waals surface area contributed by atoms with Crippen LogP contribution in [0.2, 0.25) is 0 Å². The summed E-state index contributed by atoms with van der Waals surface area (Å²) in [6.45, 7) is 4.46. The third-order valence-corrected chi connectivity index (χ3v) is 2.75. The monoisotopic (exact) mass is 252 g/mol. The topological polar surface area (TPSA) is 26.3 Å². The summed E-state index contributed by atoms with van der Waals surface area (Å²) < 4.78 is 18.6. The Hall–Kier alpha value is -1.38. The minimum atomic E-state index is -0.256. The summed E-state index contributed by atoms with van der Waals surface area (Å²) >= 11 is 0. The van der Waals surface area contributed by atoms with Gasteiger partial charge < -0.3 is 4.74 Å². The Morgan fingerprint density at radius 3 is 2.72 bits per heavy atom. The molecule has 0 aliphatic heterocycles. The molecule has 0 fully saturated rings. The quantitative estimate of drug-likeness (QED) is 0.701. The number of aryl methyl sites for hydroxylation is 1. The molecule has 0 radical (unpaired) electrons. The third kappa shape index (κ3) is 4.86. The van der Waals surface area contributed by atoms with E-state index in [0.717, 1.165) is 24.2 Å². The summed E-state index contributed by atoms with van der Waals surface area (Å²) in [7, 11) is 0. The zero-order valence-electron chi connectivity index (χ0n) is 11.2. The summed E-state index contributed by atoms with van der Waals surface area (Å²) in [5, 5.41) is 0. The maximum absolute atomic E-state index is 13.2. The number of carbonyl (C=O) groups is 1. The van der Waals surface area contributed by atoms with E-state index in [4.69, 9.17) is 4.74 Å². The molecule has 1 aromatic carbocycles. The van der Waals surface area contributed by atoms with Crippen molar-refractivity contribution in [3.05, 3.63) is 29.6 Å². The number of ether oxygens (including phenoxy) is 1. The third-order valence-electron chi connectivity index (χ3n) is 2.75. The van der Waals surface area contributed by atoms with Gasteiger partial charge in [0.05, 0.1) is 6.61 Å². The number of hydrogen-bond acceptors (Lipinski definition) is 2. The first-order valence-corrected chi connectivity index (χ1v) is 6.60. The van der Waals surface area contributed by atoms with Crippen LogP contribution in [0.5, 0.6) is 5.75 Å². The van der Waals surface area contributed by atoms with Crippen LogP contribution in [0.1, 0.15) is 45.1 Å². The second-order valence-corrected chi connectivity index (χ2v) is 4.33. The Bertz CT molecular complexity index is 388. The SMILES string of the molecule is CCCC(=O)CCCc1cc(F)ccc1OCC. The van der Waals surface area contributed by atoms with Crippen molar-refractivity contribution >= 4 is 5.78 Å². The molecule has 0 spiro atoms. The lowest BCUT2D eigenvalue weighted by Gasteiger charge is -2.10. The fraction of sp³-hybridized carbons (Fsp3) is 0.533. The van der Waals surface area contributed by atoms with Crippen LogP contribution in [0.15, 0.2) is 18.2 Å². The van der Waals surface area contributed by atoms with Gasteiger partial charge in [-0.1, -0.05) is 6.92 Å². The first-order valence-electron chi connectivity index (χ1n) is 6.60. The summed E-state index contributed by atoms with van der Waals surface area (Å²) in [4.78, 5) is 11.4. The molecule has 1 aromatic rings. The first kappa shape index (κ1) is 14.7. The maximum atomic E-state index is 13.2. The first-order chi connectivity index (χ1) is 8.67. The average Bonchev–Trinajstić information content (AvgIpc) is 2.33. The predicted molar refractivity (Wildman–Crippen MR) is 70.4 cm³/mol. The Labute approximate surface area is 108 Å². The van der Waals surface area contributed by atoms with Gasteiger partial charge in [-0.25, -0.2) is 4.39 Å². The highest BCUT2D eigenvalue weighted by Gasteiger charge is 2.07. The number of hydrogen-bond donors (Lipinski definition) is 0. The highest BCUT2D eigenvalue weighted by Crippen LogP contribution is 2.22. The molecule has 100 valence electrons. The maximum Gasteiger partial charge on any atom is 0.132 e. The molecule has 0 aliphatic carbocycles. The highest BCUT2D eigenvalue weighted by atomic mass is 19.1. The molecule has 0 bridgehead atoms. The molecule has 0 N–H and O–H groups in total. The largest absolute Gasteiger partial charge is 0.494 e. The van der Waals surface area contributed by atoms with Gasteiger partial charge in [0, 0.05) is 12.8 Å². The van der Waals surface area contributed by atoms with Crippen LogP contribution in [-0.4, -0.2) is 12.4 Å². The Balaban J connectivity index is 2.54. The van der Waals surface area contributed by atoms with Crippen LogP contribution >= 0.6 is 0 Å². The predicted octanol–water partition coefficient (Wildman–Crippen LogP) is 3.92. The van der Waals surface area contributed by atoms with Crippen LogP contribution in [0.3, 0.4) is 0 Å². The normalized spacial score (nSPS) is 10.4. The summed E-state index contributed by atoms with van der Waals surface area (Å²) in [6, 6.07) is 4.55. The molecule has 1 rings (SSSR count). The van der Waals surface area contributed by atoms with E-state index in [9.17, 15) is 9.18 Å². The molecule has 0 atom stereocenters. The molecule has 0 aliphatic rings. The van der Waals surface area contributed by atoms with Crippen molar-refractivity contribution in [3.8, 4) is 5.75 Å². The molecule has 3 heteroatoms. The molecule has 2 nitrogen and oxygen atoms in total. The van der Waals surface area contributed by atoms with Crippen LogP contribution in [-0.2, 0) is 11.2 Å². The number of carbonyl (C=O) groups excluding carboxylic acids is 1. The lowest BCUT2D eigenvalue weighted by atomic mass is 10.0. The van der Waals surface area contributed by atoms with Crippen LogP contribution in [0, 0.1) is 5.82 Å². The van der Waals surface area contributed by atoms with Crippen LogP contribution in [0.4, 0.5) is 4.39 Å².